The molecular weight excluding hydrogens is 284 g/mol. The fourth-order valence-corrected chi connectivity index (χ4v) is 2.83. The van der Waals surface area contributed by atoms with E-state index in [0.717, 1.165) is 41.9 Å². The summed E-state index contributed by atoms with van der Waals surface area (Å²) in [6.07, 6.45) is 5.00. The van der Waals surface area contributed by atoms with Crippen LogP contribution in [-0.4, -0.2) is 11.8 Å². The van der Waals surface area contributed by atoms with Gasteiger partial charge < -0.3 is 10.6 Å². The average Bonchev–Trinajstić information content (AvgIpc) is 2.60. The van der Waals surface area contributed by atoms with Crippen molar-refractivity contribution in [2.24, 2.45) is 0 Å². The fraction of sp³-hybridized carbons (Fsp3) is 0.250. The fourth-order valence-electron chi connectivity index (χ4n) is 2.83. The van der Waals surface area contributed by atoms with Gasteiger partial charge in [0.25, 0.3) is 0 Å². The maximum Gasteiger partial charge on any atom is 0.187 e. The minimum Gasteiger partial charge on any atom is -0.375 e. The Morgan fingerprint density at radius 3 is 2.48 bits per heavy atom. The Bertz CT molecular complexity index is 707. The van der Waals surface area contributed by atoms with Crippen LogP contribution in [0.2, 0.25) is 0 Å². The number of anilines is 2. The van der Waals surface area contributed by atoms with Gasteiger partial charge in [0.1, 0.15) is 0 Å². The van der Waals surface area contributed by atoms with Gasteiger partial charge in [-0.05, 0) is 18.6 Å². The Balaban J connectivity index is 1.88. The van der Waals surface area contributed by atoms with E-state index >= 15 is 0 Å². The zero-order valence-electron chi connectivity index (χ0n) is 13.4. The SMILES string of the molecule is CCCCC1Nc2ccccc2N/C1=C/C(=O)c1ccccc1. The summed E-state index contributed by atoms with van der Waals surface area (Å²) in [5.41, 5.74) is 3.78. The van der Waals surface area contributed by atoms with Gasteiger partial charge in [-0.25, -0.2) is 0 Å². The van der Waals surface area contributed by atoms with Gasteiger partial charge >= 0.3 is 0 Å². The molecule has 0 spiro atoms. The molecule has 3 heteroatoms. The van der Waals surface area contributed by atoms with E-state index in [1.54, 1.807) is 6.08 Å². The Morgan fingerprint density at radius 1 is 1.04 bits per heavy atom. The number of hydrogen-bond acceptors (Lipinski definition) is 3. The standard InChI is InChI=1S/C20H22N2O/c1-2-3-11-18-19(14-20(23)15-9-5-4-6-10-15)22-17-13-8-7-12-16(17)21-18/h4-10,12-14,18,21-22H,2-3,11H2,1H3/b19-14+. The molecule has 1 aliphatic heterocycles. The van der Waals surface area contributed by atoms with Crippen LogP contribution in [0.4, 0.5) is 11.4 Å². The molecule has 118 valence electrons. The topological polar surface area (TPSA) is 41.1 Å². The van der Waals surface area contributed by atoms with E-state index in [0.29, 0.717) is 0 Å². The summed E-state index contributed by atoms with van der Waals surface area (Å²) in [5.74, 6) is 0.0378. The van der Waals surface area contributed by atoms with Crippen LogP contribution >= 0.6 is 0 Å². The summed E-state index contributed by atoms with van der Waals surface area (Å²) < 4.78 is 0. The highest BCUT2D eigenvalue weighted by atomic mass is 16.1. The molecule has 1 atom stereocenters. The lowest BCUT2D eigenvalue weighted by atomic mass is 10.00. The minimum atomic E-state index is 0.0378. The molecule has 0 amide bonds. The highest BCUT2D eigenvalue weighted by molar-refractivity contribution is 6.05. The number of unbranched alkanes of at least 4 members (excludes halogenated alkanes) is 1. The van der Waals surface area contributed by atoms with Crippen LogP contribution in [0, 0.1) is 0 Å². The lowest BCUT2D eigenvalue weighted by Gasteiger charge is -2.31. The van der Waals surface area contributed by atoms with Gasteiger partial charge in [-0.2, -0.15) is 0 Å². The van der Waals surface area contributed by atoms with Gasteiger partial charge in [0.2, 0.25) is 0 Å². The third-order valence-corrected chi connectivity index (χ3v) is 4.10. The maximum atomic E-state index is 12.5. The number of ketones is 1. The molecule has 0 fully saturated rings. The van der Waals surface area contributed by atoms with Gasteiger partial charge in [-0.3, -0.25) is 4.79 Å². The quantitative estimate of drug-likeness (QED) is 0.613. The summed E-state index contributed by atoms with van der Waals surface area (Å²) in [4.78, 5) is 12.5. The largest absolute Gasteiger partial charge is 0.375 e. The van der Waals surface area contributed by atoms with E-state index in [1.807, 2.05) is 48.5 Å². The first-order valence-corrected chi connectivity index (χ1v) is 8.21. The molecule has 2 aromatic carbocycles. The molecule has 3 rings (SSSR count). The van der Waals surface area contributed by atoms with Crippen LogP contribution in [0.15, 0.2) is 66.4 Å². The van der Waals surface area contributed by atoms with Crippen LogP contribution in [0.5, 0.6) is 0 Å². The van der Waals surface area contributed by atoms with Crippen molar-refractivity contribution in [2.45, 2.75) is 32.2 Å². The van der Waals surface area contributed by atoms with E-state index < -0.39 is 0 Å². The summed E-state index contributed by atoms with van der Waals surface area (Å²) >= 11 is 0. The summed E-state index contributed by atoms with van der Waals surface area (Å²) in [7, 11) is 0. The van der Waals surface area contributed by atoms with E-state index in [2.05, 4.69) is 23.6 Å². The third kappa shape index (κ3) is 3.62. The Kier molecular flexibility index (Phi) is 4.77. The predicted molar refractivity (Wildman–Crippen MR) is 95.9 cm³/mol. The molecule has 0 radical (unpaired) electrons. The van der Waals surface area contributed by atoms with Crippen LogP contribution in [-0.2, 0) is 0 Å². The smallest absolute Gasteiger partial charge is 0.187 e. The van der Waals surface area contributed by atoms with Crippen molar-refractivity contribution in [3.63, 3.8) is 0 Å². The normalized spacial score (nSPS) is 18.0. The number of carbonyl (C=O) groups is 1. The number of hydrogen-bond donors (Lipinski definition) is 2. The molecule has 1 unspecified atom stereocenters. The van der Waals surface area contributed by atoms with Crippen LogP contribution in [0.3, 0.4) is 0 Å². The van der Waals surface area contributed by atoms with Crippen molar-refractivity contribution >= 4 is 17.2 Å². The second-order valence-electron chi connectivity index (χ2n) is 5.84. The van der Waals surface area contributed by atoms with Crippen molar-refractivity contribution in [2.75, 3.05) is 10.6 Å². The molecule has 0 aromatic heterocycles. The maximum absolute atomic E-state index is 12.5. The molecule has 1 heterocycles. The molecule has 0 saturated carbocycles. The van der Waals surface area contributed by atoms with E-state index in [-0.39, 0.29) is 11.8 Å². The molecule has 2 aromatic rings. The van der Waals surface area contributed by atoms with E-state index in [4.69, 9.17) is 0 Å². The highest BCUT2D eigenvalue weighted by Gasteiger charge is 2.22. The molecule has 2 N–H and O–H groups in total. The second-order valence-corrected chi connectivity index (χ2v) is 5.84. The highest BCUT2D eigenvalue weighted by Crippen LogP contribution is 2.31. The van der Waals surface area contributed by atoms with Gasteiger partial charge in [0, 0.05) is 17.3 Å². The Labute approximate surface area is 137 Å². The molecule has 23 heavy (non-hydrogen) atoms. The predicted octanol–water partition coefficient (Wildman–Crippen LogP) is 4.85. The minimum absolute atomic E-state index is 0.0378. The van der Waals surface area contributed by atoms with Crippen molar-refractivity contribution < 1.29 is 4.79 Å². The first-order valence-electron chi connectivity index (χ1n) is 8.21. The van der Waals surface area contributed by atoms with Gasteiger partial charge in [0.05, 0.1) is 17.4 Å². The molecule has 0 bridgehead atoms. The molecule has 1 aliphatic rings. The van der Waals surface area contributed by atoms with Gasteiger partial charge in [-0.15, -0.1) is 0 Å². The van der Waals surface area contributed by atoms with Crippen LogP contribution in [0.25, 0.3) is 0 Å². The van der Waals surface area contributed by atoms with E-state index in [9.17, 15) is 4.79 Å². The molecule has 0 aliphatic carbocycles. The number of carbonyl (C=O) groups excluding carboxylic acids is 1. The van der Waals surface area contributed by atoms with Crippen molar-refractivity contribution in [3.05, 3.63) is 71.9 Å². The lowest BCUT2D eigenvalue weighted by Crippen LogP contribution is -2.31. The number of benzene rings is 2. The number of rotatable bonds is 5. The van der Waals surface area contributed by atoms with Crippen LogP contribution in [0.1, 0.15) is 36.5 Å². The average molecular weight is 306 g/mol. The summed E-state index contributed by atoms with van der Waals surface area (Å²) in [6, 6.07) is 17.7. The second kappa shape index (κ2) is 7.14. The first kappa shape index (κ1) is 15.3. The monoisotopic (exact) mass is 306 g/mol. The van der Waals surface area contributed by atoms with Gasteiger partial charge in [-0.1, -0.05) is 62.2 Å². The zero-order chi connectivity index (χ0) is 16.1. The molecular formula is C20H22N2O. The third-order valence-electron chi connectivity index (χ3n) is 4.10. The molecule has 3 nitrogen and oxygen atoms in total. The van der Waals surface area contributed by atoms with Crippen molar-refractivity contribution in [3.8, 4) is 0 Å². The number of fused-ring (bicyclic) bond motifs is 1. The number of allylic oxidation sites excluding steroid dienone is 1. The Hall–Kier alpha value is -2.55. The van der Waals surface area contributed by atoms with Crippen molar-refractivity contribution in [1.29, 1.82) is 0 Å². The van der Waals surface area contributed by atoms with E-state index in [1.165, 1.54) is 0 Å². The van der Waals surface area contributed by atoms with Crippen LogP contribution < -0.4 is 10.6 Å². The van der Waals surface area contributed by atoms with Gasteiger partial charge in [0.15, 0.2) is 5.78 Å². The lowest BCUT2D eigenvalue weighted by molar-refractivity contribution is 0.104. The first-order chi connectivity index (χ1) is 11.3. The summed E-state index contributed by atoms with van der Waals surface area (Å²) in [6.45, 7) is 2.18. The number of para-hydroxylation sites is 2. The van der Waals surface area contributed by atoms with Crippen molar-refractivity contribution in [1.82, 2.24) is 0 Å². The molecule has 0 saturated heterocycles. The Morgan fingerprint density at radius 2 is 1.74 bits per heavy atom. The number of nitrogens with one attached hydrogen (secondary N) is 2. The summed E-state index contributed by atoms with van der Waals surface area (Å²) in [5, 5.41) is 6.99. The zero-order valence-corrected chi connectivity index (χ0v) is 13.4.